The van der Waals surface area contributed by atoms with Crippen molar-refractivity contribution in [3.8, 4) is 16.9 Å². The number of benzene rings is 2. The SMILES string of the molecule is C=CCNC(=O)COC(=O)c1cc(-c2ccccc2)nn1-c1ccccc1. The molecule has 0 spiro atoms. The van der Waals surface area contributed by atoms with Crippen molar-refractivity contribution in [2.24, 2.45) is 0 Å². The Kier molecular flexibility index (Phi) is 5.79. The Morgan fingerprint density at radius 3 is 2.41 bits per heavy atom. The van der Waals surface area contributed by atoms with Crippen molar-refractivity contribution in [3.05, 3.63) is 85.1 Å². The van der Waals surface area contributed by atoms with E-state index in [1.54, 1.807) is 12.1 Å². The second kappa shape index (κ2) is 8.62. The molecule has 27 heavy (non-hydrogen) atoms. The third kappa shape index (κ3) is 4.49. The lowest BCUT2D eigenvalue weighted by molar-refractivity contribution is -0.124. The van der Waals surface area contributed by atoms with Crippen LogP contribution in [0.4, 0.5) is 0 Å². The molecule has 6 heteroatoms. The standard InChI is InChI=1S/C21H19N3O3/c1-2-13-22-20(25)15-27-21(26)19-14-18(16-9-5-3-6-10-16)23-24(19)17-11-7-4-8-12-17/h2-12,14H,1,13,15H2,(H,22,25). The van der Waals surface area contributed by atoms with Crippen molar-refractivity contribution in [1.29, 1.82) is 0 Å². The molecule has 3 rings (SSSR count). The quantitative estimate of drug-likeness (QED) is 0.519. The van der Waals surface area contributed by atoms with E-state index in [2.05, 4.69) is 17.0 Å². The molecule has 0 aliphatic rings. The lowest BCUT2D eigenvalue weighted by atomic mass is 10.1. The molecule has 0 aliphatic carbocycles. The van der Waals surface area contributed by atoms with Gasteiger partial charge in [0.25, 0.3) is 5.91 Å². The topological polar surface area (TPSA) is 73.2 Å². The van der Waals surface area contributed by atoms with Crippen molar-refractivity contribution in [1.82, 2.24) is 15.1 Å². The number of hydrogen-bond donors (Lipinski definition) is 1. The van der Waals surface area contributed by atoms with Gasteiger partial charge in [0.15, 0.2) is 12.3 Å². The first-order valence-electron chi connectivity index (χ1n) is 8.44. The summed E-state index contributed by atoms with van der Waals surface area (Å²) in [6.07, 6.45) is 1.55. The number of aromatic nitrogens is 2. The van der Waals surface area contributed by atoms with Crippen molar-refractivity contribution in [2.75, 3.05) is 13.2 Å². The molecule has 1 aromatic heterocycles. The summed E-state index contributed by atoms with van der Waals surface area (Å²) in [5, 5.41) is 7.11. The lowest BCUT2D eigenvalue weighted by Gasteiger charge is -2.07. The zero-order chi connectivity index (χ0) is 19.1. The van der Waals surface area contributed by atoms with Gasteiger partial charge >= 0.3 is 5.97 Å². The molecule has 0 aliphatic heterocycles. The number of amides is 1. The maximum Gasteiger partial charge on any atom is 0.357 e. The Morgan fingerprint density at radius 2 is 1.74 bits per heavy atom. The normalized spacial score (nSPS) is 10.2. The Balaban J connectivity index is 1.88. The molecule has 0 saturated heterocycles. The zero-order valence-corrected chi connectivity index (χ0v) is 14.7. The summed E-state index contributed by atoms with van der Waals surface area (Å²) in [5.41, 5.74) is 2.49. The Bertz CT molecular complexity index is 934. The number of ether oxygens (including phenoxy) is 1. The minimum atomic E-state index is -0.623. The van der Waals surface area contributed by atoms with Gasteiger partial charge in [-0.1, -0.05) is 54.6 Å². The fourth-order valence-electron chi connectivity index (χ4n) is 2.48. The molecular weight excluding hydrogens is 342 g/mol. The first-order valence-corrected chi connectivity index (χ1v) is 8.44. The number of carbonyl (C=O) groups excluding carboxylic acids is 2. The Hall–Kier alpha value is -3.67. The molecule has 3 aromatic rings. The molecular formula is C21H19N3O3. The van der Waals surface area contributed by atoms with E-state index in [-0.39, 0.29) is 12.3 Å². The van der Waals surface area contributed by atoms with E-state index in [0.29, 0.717) is 12.2 Å². The number of rotatable bonds is 7. The molecule has 6 nitrogen and oxygen atoms in total. The summed E-state index contributed by atoms with van der Waals surface area (Å²) >= 11 is 0. The molecule has 1 amide bonds. The van der Waals surface area contributed by atoms with E-state index < -0.39 is 11.9 Å². The van der Waals surface area contributed by atoms with Crippen LogP contribution < -0.4 is 5.32 Å². The van der Waals surface area contributed by atoms with Crippen LogP contribution in [0.2, 0.25) is 0 Å². The molecule has 1 N–H and O–H groups in total. The highest BCUT2D eigenvalue weighted by atomic mass is 16.5. The molecule has 0 saturated carbocycles. The molecule has 0 fully saturated rings. The van der Waals surface area contributed by atoms with Gasteiger partial charge in [-0.05, 0) is 18.2 Å². The van der Waals surface area contributed by atoms with E-state index in [9.17, 15) is 9.59 Å². The summed E-state index contributed by atoms with van der Waals surface area (Å²) in [7, 11) is 0. The molecule has 136 valence electrons. The number of nitrogens with one attached hydrogen (secondary N) is 1. The third-order valence-electron chi connectivity index (χ3n) is 3.77. The van der Waals surface area contributed by atoms with Gasteiger partial charge < -0.3 is 10.1 Å². The highest BCUT2D eigenvalue weighted by molar-refractivity contribution is 5.91. The largest absolute Gasteiger partial charge is 0.451 e. The van der Waals surface area contributed by atoms with E-state index in [4.69, 9.17) is 4.74 Å². The van der Waals surface area contributed by atoms with Crippen LogP contribution in [0.15, 0.2) is 79.4 Å². The van der Waals surface area contributed by atoms with Crippen LogP contribution in [0, 0.1) is 0 Å². The average molecular weight is 361 g/mol. The third-order valence-corrected chi connectivity index (χ3v) is 3.77. The van der Waals surface area contributed by atoms with E-state index in [0.717, 1.165) is 11.3 Å². The van der Waals surface area contributed by atoms with Gasteiger partial charge in [0.1, 0.15) is 0 Å². The molecule has 0 radical (unpaired) electrons. The second-order valence-electron chi connectivity index (χ2n) is 5.70. The van der Waals surface area contributed by atoms with Crippen LogP contribution in [-0.4, -0.2) is 34.8 Å². The minimum absolute atomic E-state index is 0.247. The summed E-state index contributed by atoms with van der Waals surface area (Å²) in [4.78, 5) is 24.2. The van der Waals surface area contributed by atoms with E-state index in [1.807, 2.05) is 60.7 Å². The highest BCUT2D eigenvalue weighted by Gasteiger charge is 2.19. The zero-order valence-electron chi connectivity index (χ0n) is 14.7. The van der Waals surface area contributed by atoms with Crippen molar-refractivity contribution in [3.63, 3.8) is 0 Å². The Labute approximate surface area is 157 Å². The van der Waals surface area contributed by atoms with Crippen LogP contribution in [0.1, 0.15) is 10.5 Å². The number of para-hydroxylation sites is 1. The fourth-order valence-corrected chi connectivity index (χ4v) is 2.48. The summed E-state index contributed by atoms with van der Waals surface area (Å²) < 4.78 is 6.67. The van der Waals surface area contributed by atoms with Crippen molar-refractivity contribution in [2.45, 2.75) is 0 Å². The minimum Gasteiger partial charge on any atom is -0.451 e. The summed E-state index contributed by atoms with van der Waals surface area (Å²) in [5.74, 6) is -1.01. The predicted octanol–water partition coefficient (Wildman–Crippen LogP) is 3.00. The van der Waals surface area contributed by atoms with Gasteiger partial charge in [-0.3, -0.25) is 4.79 Å². The number of hydrogen-bond acceptors (Lipinski definition) is 4. The van der Waals surface area contributed by atoms with Crippen LogP contribution in [0.3, 0.4) is 0 Å². The first kappa shape index (κ1) is 18.1. The summed E-state index contributed by atoms with van der Waals surface area (Å²) in [6.45, 7) is 3.47. The Morgan fingerprint density at radius 1 is 1.07 bits per heavy atom. The van der Waals surface area contributed by atoms with Gasteiger partial charge in [-0.15, -0.1) is 6.58 Å². The van der Waals surface area contributed by atoms with Crippen LogP contribution >= 0.6 is 0 Å². The number of nitrogens with zero attached hydrogens (tertiary/aromatic N) is 2. The molecule has 2 aromatic carbocycles. The predicted molar refractivity (Wildman–Crippen MR) is 102 cm³/mol. The van der Waals surface area contributed by atoms with Crippen LogP contribution in [-0.2, 0) is 9.53 Å². The molecule has 0 atom stereocenters. The van der Waals surface area contributed by atoms with Gasteiger partial charge in [-0.25, -0.2) is 9.48 Å². The van der Waals surface area contributed by atoms with Crippen molar-refractivity contribution >= 4 is 11.9 Å². The van der Waals surface area contributed by atoms with Gasteiger partial charge in [0, 0.05) is 12.1 Å². The maximum atomic E-state index is 12.6. The fraction of sp³-hybridized carbons (Fsp3) is 0.0952. The molecule has 0 unspecified atom stereocenters. The lowest BCUT2D eigenvalue weighted by Crippen LogP contribution is -2.29. The monoisotopic (exact) mass is 361 g/mol. The maximum absolute atomic E-state index is 12.6. The number of carbonyl (C=O) groups is 2. The van der Waals surface area contributed by atoms with Crippen LogP contribution in [0.5, 0.6) is 0 Å². The van der Waals surface area contributed by atoms with Crippen molar-refractivity contribution < 1.29 is 14.3 Å². The van der Waals surface area contributed by atoms with Gasteiger partial charge in [-0.2, -0.15) is 5.10 Å². The molecule has 1 heterocycles. The van der Waals surface area contributed by atoms with E-state index >= 15 is 0 Å². The molecule has 0 bridgehead atoms. The van der Waals surface area contributed by atoms with Gasteiger partial charge in [0.05, 0.1) is 11.4 Å². The summed E-state index contributed by atoms with van der Waals surface area (Å²) in [6, 6.07) is 20.5. The van der Waals surface area contributed by atoms with E-state index in [1.165, 1.54) is 4.68 Å². The number of esters is 1. The second-order valence-corrected chi connectivity index (χ2v) is 5.70. The highest BCUT2D eigenvalue weighted by Crippen LogP contribution is 2.22. The smallest absolute Gasteiger partial charge is 0.357 e. The van der Waals surface area contributed by atoms with Gasteiger partial charge in [0.2, 0.25) is 0 Å². The average Bonchev–Trinajstić information content (AvgIpc) is 3.17. The van der Waals surface area contributed by atoms with Crippen LogP contribution in [0.25, 0.3) is 16.9 Å². The first-order chi connectivity index (χ1) is 13.2.